The number of hydrazine groups is 1. The number of benzene rings is 3. The minimum absolute atomic E-state index is 0.00267. The van der Waals surface area contributed by atoms with Gasteiger partial charge in [-0.15, -0.1) is 0 Å². The van der Waals surface area contributed by atoms with Crippen molar-refractivity contribution in [2.75, 3.05) is 24.0 Å². The molecule has 0 spiro atoms. The first-order chi connectivity index (χ1) is 16.3. The lowest BCUT2D eigenvalue weighted by atomic mass is 10.1. The van der Waals surface area contributed by atoms with Gasteiger partial charge in [-0.25, -0.2) is 9.80 Å². The lowest BCUT2D eigenvalue weighted by Crippen LogP contribution is -2.35. The number of para-hydroxylation sites is 1. The summed E-state index contributed by atoms with van der Waals surface area (Å²) < 4.78 is 6.03. The number of anilines is 2. The SMILES string of the molecule is CN(C)c1ccc(/C=C2/C(=O)NN(c3ccccc3)C2=O)c(OCc2ccc(C(=O)O)cc2)c1. The van der Waals surface area contributed by atoms with Crippen molar-refractivity contribution >= 4 is 35.2 Å². The van der Waals surface area contributed by atoms with E-state index in [-0.39, 0.29) is 17.7 Å². The molecule has 0 saturated carbocycles. The van der Waals surface area contributed by atoms with E-state index in [1.807, 2.05) is 37.2 Å². The van der Waals surface area contributed by atoms with Gasteiger partial charge in [0.1, 0.15) is 17.9 Å². The number of carboxylic acid groups (broad SMARTS) is 1. The van der Waals surface area contributed by atoms with E-state index in [1.54, 1.807) is 42.5 Å². The maximum Gasteiger partial charge on any atom is 0.335 e. The molecule has 1 aliphatic rings. The van der Waals surface area contributed by atoms with Gasteiger partial charge < -0.3 is 14.7 Å². The maximum atomic E-state index is 13.0. The topological polar surface area (TPSA) is 99.2 Å². The molecule has 8 nitrogen and oxygen atoms in total. The number of ether oxygens (including phenoxy) is 1. The molecule has 0 radical (unpaired) electrons. The molecule has 4 rings (SSSR count). The largest absolute Gasteiger partial charge is 0.488 e. The lowest BCUT2D eigenvalue weighted by Gasteiger charge is -2.16. The molecule has 0 atom stereocenters. The van der Waals surface area contributed by atoms with E-state index < -0.39 is 17.8 Å². The van der Waals surface area contributed by atoms with Crippen LogP contribution in [-0.4, -0.2) is 37.0 Å². The summed E-state index contributed by atoms with van der Waals surface area (Å²) >= 11 is 0. The van der Waals surface area contributed by atoms with Crippen LogP contribution in [0.1, 0.15) is 21.5 Å². The van der Waals surface area contributed by atoms with Crippen LogP contribution in [0.5, 0.6) is 5.75 Å². The number of rotatable bonds is 7. The van der Waals surface area contributed by atoms with Crippen molar-refractivity contribution in [3.05, 3.63) is 95.1 Å². The fourth-order valence-electron chi connectivity index (χ4n) is 3.42. The minimum Gasteiger partial charge on any atom is -0.488 e. The summed E-state index contributed by atoms with van der Waals surface area (Å²) in [5.74, 6) is -1.47. The second-order valence-corrected chi connectivity index (χ2v) is 7.88. The maximum absolute atomic E-state index is 13.0. The first-order valence-corrected chi connectivity index (χ1v) is 10.5. The molecule has 0 unspecified atom stereocenters. The molecule has 1 saturated heterocycles. The predicted molar refractivity (Wildman–Crippen MR) is 129 cm³/mol. The second-order valence-electron chi connectivity index (χ2n) is 7.88. The smallest absolute Gasteiger partial charge is 0.335 e. The van der Waals surface area contributed by atoms with Crippen molar-refractivity contribution in [2.45, 2.75) is 6.61 Å². The van der Waals surface area contributed by atoms with Crippen LogP contribution in [0.25, 0.3) is 6.08 Å². The van der Waals surface area contributed by atoms with Crippen molar-refractivity contribution in [1.29, 1.82) is 0 Å². The number of aromatic carboxylic acids is 1. The lowest BCUT2D eigenvalue weighted by molar-refractivity contribution is -0.117. The number of carbonyl (C=O) groups is 3. The molecule has 0 aliphatic carbocycles. The second kappa shape index (κ2) is 9.50. The third kappa shape index (κ3) is 4.75. The molecule has 3 aromatic rings. The van der Waals surface area contributed by atoms with Crippen molar-refractivity contribution in [3.63, 3.8) is 0 Å². The Labute approximate surface area is 196 Å². The Kier molecular flexibility index (Phi) is 6.31. The fraction of sp³-hybridized carbons (Fsp3) is 0.115. The number of hydrogen-bond acceptors (Lipinski definition) is 5. The van der Waals surface area contributed by atoms with Gasteiger partial charge in [-0.1, -0.05) is 30.3 Å². The Morgan fingerprint density at radius 3 is 2.38 bits per heavy atom. The Morgan fingerprint density at radius 1 is 1.03 bits per heavy atom. The van der Waals surface area contributed by atoms with Crippen molar-refractivity contribution in [2.24, 2.45) is 0 Å². The highest BCUT2D eigenvalue weighted by molar-refractivity contribution is 6.31. The van der Waals surface area contributed by atoms with E-state index in [0.717, 1.165) is 11.3 Å². The molecule has 34 heavy (non-hydrogen) atoms. The zero-order valence-corrected chi connectivity index (χ0v) is 18.7. The highest BCUT2D eigenvalue weighted by atomic mass is 16.5. The van der Waals surface area contributed by atoms with Gasteiger partial charge in [0.05, 0.1) is 11.3 Å². The molecule has 0 bridgehead atoms. The van der Waals surface area contributed by atoms with Crippen LogP contribution < -0.4 is 20.1 Å². The van der Waals surface area contributed by atoms with Gasteiger partial charge in [-0.3, -0.25) is 15.0 Å². The summed E-state index contributed by atoms with van der Waals surface area (Å²) in [5.41, 5.74) is 5.58. The highest BCUT2D eigenvalue weighted by Crippen LogP contribution is 2.29. The fourth-order valence-corrected chi connectivity index (χ4v) is 3.42. The average Bonchev–Trinajstić information content (AvgIpc) is 3.12. The van der Waals surface area contributed by atoms with Crippen LogP contribution in [0.2, 0.25) is 0 Å². The Morgan fingerprint density at radius 2 is 1.74 bits per heavy atom. The number of hydrogen-bond donors (Lipinski definition) is 2. The molecular formula is C26H23N3O5. The summed E-state index contributed by atoms with van der Waals surface area (Å²) in [4.78, 5) is 38.5. The zero-order chi connectivity index (χ0) is 24.2. The first-order valence-electron chi connectivity index (χ1n) is 10.5. The monoisotopic (exact) mass is 457 g/mol. The standard InChI is InChI=1S/C26H23N3O5/c1-28(2)21-13-12-19(23(15-21)34-16-17-8-10-18(11-9-17)26(32)33)14-22-24(30)27-29(25(22)31)20-6-4-3-5-7-20/h3-15H,16H2,1-2H3,(H,27,30)(H,32,33)/b22-14-. The van der Waals surface area contributed by atoms with E-state index >= 15 is 0 Å². The molecule has 1 heterocycles. The number of nitrogens with zero attached hydrogens (tertiary/aromatic N) is 2. The molecule has 1 aliphatic heterocycles. The molecule has 3 aromatic carbocycles. The summed E-state index contributed by atoms with van der Waals surface area (Å²) in [5, 5.41) is 10.3. The quantitative estimate of drug-likeness (QED) is 0.416. The van der Waals surface area contributed by atoms with Crippen molar-refractivity contribution in [3.8, 4) is 5.75 Å². The molecule has 0 aromatic heterocycles. The minimum atomic E-state index is -0.996. The van der Waals surface area contributed by atoms with Crippen LogP contribution in [-0.2, 0) is 16.2 Å². The number of nitrogens with one attached hydrogen (secondary N) is 1. The zero-order valence-electron chi connectivity index (χ0n) is 18.7. The van der Waals surface area contributed by atoms with Crippen LogP contribution >= 0.6 is 0 Å². The van der Waals surface area contributed by atoms with Crippen molar-refractivity contribution < 1.29 is 24.2 Å². The molecule has 172 valence electrons. The highest BCUT2D eigenvalue weighted by Gasteiger charge is 2.34. The third-order valence-corrected chi connectivity index (χ3v) is 5.31. The molecule has 1 fully saturated rings. The van der Waals surface area contributed by atoms with Gasteiger partial charge in [-0.05, 0) is 48.0 Å². The Bertz CT molecular complexity index is 1270. The van der Waals surface area contributed by atoms with Gasteiger partial charge >= 0.3 is 5.97 Å². The number of carbonyl (C=O) groups excluding carboxylic acids is 2. The van der Waals surface area contributed by atoms with Crippen LogP contribution in [0, 0.1) is 0 Å². The van der Waals surface area contributed by atoms with Crippen LogP contribution in [0.3, 0.4) is 0 Å². The summed E-state index contributed by atoms with van der Waals surface area (Å²) in [6.07, 6.45) is 1.52. The summed E-state index contributed by atoms with van der Waals surface area (Å²) in [6.45, 7) is 0.184. The van der Waals surface area contributed by atoms with E-state index in [4.69, 9.17) is 9.84 Å². The van der Waals surface area contributed by atoms with Crippen LogP contribution in [0.4, 0.5) is 11.4 Å². The molecule has 2 amide bonds. The third-order valence-electron chi connectivity index (χ3n) is 5.31. The Hall–Kier alpha value is -4.59. The van der Waals surface area contributed by atoms with Gasteiger partial charge in [-0.2, -0.15) is 0 Å². The van der Waals surface area contributed by atoms with Crippen molar-refractivity contribution in [1.82, 2.24) is 5.43 Å². The van der Waals surface area contributed by atoms with Gasteiger partial charge in [0.25, 0.3) is 11.8 Å². The number of amides is 2. The molecule has 8 heteroatoms. The van der Waals surface area contributed by atoms with E-state index in [0.29, 0.717) is 17.0 Å². The summed E-state index contributed by atoms with van der Waals surface area (Å²) in [7, 11) is 3.79. The van der Waals surface area contributed by atoms with E-state index in [1.165, 1.54) is 23.2 Å². The predicted octanol–water partition coefficient (Wildman–Crippen LogP) is 3.49. The molecular weight excluding hydrogens is 434 g/mol. The average molecular weight is 457 g/mol. The molecule has 2 N–H and O–H groups in total. The van der Waals surface area contributed by atoms with E-state index in [9.17, 15) is 14.4 Å². The van der Waals surface area contributed by atoms with Gasteiger partial charge in [0.2, 0.25) is 0 Å². The first kappa shape index (κ1) is 22.6. The Balaban J connectivity index is 1.62. The van der Waals surface area contributed by atoms with Crippen LogP contribution in [0.15, 0.2) is 78.4 Å². The van der Waals surface area contributed by atoms with Gasteiger partial charge in [0, 0.05) is 31.4 Å². The normalized spacial score (nSPS) is 14.3. The summed E-state index contributed by atoms with van der Waals surface area (Å²) in [6, 6.07) is 20.7. The van der Waals surface area contributed by atoms with E-state index in [2.05, 4.69) is 5.43 Å². The van der Waals surface area contributed by atoms with Gasteiger partial charge in [0.15, 0.2) is 0 Å². The number of carboxylic acids is 1.